The molecule has 0 heterocycles. The van der Waals surface area contributed by atoms with Gasteiger partial charge in [0.2, 0.25) is 5.91 Å². The molecule has 3 nitrogen and oxygen atoms in total. The van der Waals surface area contributed by atoms with Gasteiger partial charge >= 0.3 is 0 Å². The Balaban J connectivity index is 1.76. The van der Waals surface area contributed by atoms with E-state index in [9.17, 15) is 9.90 Å². The van der Waals surface area contributed by atoms with Crippen molar-refractivity contribution in [3.8, 4) is 0 Å². The molecule has 1 aliphatic carbocycles. The third-order valence-electron chi connectivity index (χ3n) is 3.57. The number of amides is 1. The average molecular weight is 326 g/mol. The molecular weight excluding hydrogens is 306 g/mol. The number of aliphatic hydroxyl groups excluding tert-OH is 1. The van der Waals surface area contributed by atoms with Crippen molar-refractivity contribution in [1.82, 2.24) is 4.90 Å². The van der Waals surface area contributed by atoms with Crippen LogP contribution in [0.5, 0.6) is 0 Å². The first-order chi connectivity index (χ1) is 9.06. The van der Waals surface area contributed by atoms with Crippen LogP contribution in [0.1, 0.15) is 24.8 Å². The topological polar surface area (TPSA) is 40.5 Å². The molecule has 1 aromatic rings. The van der Waals surface area contributed by atoms with E-state index < -0.39 is 0 Å². The number of likely N-dealkylation sites (N-methyl/N-ethyl adjacent to an activating group) is 1. The summed E-state index contributed by atoms with van der Waals surface area (Å²) in [6, 6.07) is 8.01. The molecule has 1 fully saturated rings. The lowest BCUT2D eigenvalue weighted by atomic mass is 10.1. The molecule has 1 amide bonds. The molecule has 104 valence electrons. The molecule has 1 saturated carbocycles. The molecule has 1 N–H and O–H groups in total. The molecule has 1 aliphatic rings. The highest BCUT2D eigenvalue weighted by Gasteiger charge is 2.30. The largest absolute Gasteiger partial charge is 0.391 e. The second kappa shape index (κ2) is 6.53. The van der Waals surface area contributed by atoms with E-state index in [0.29, 0.717) is 18.9 Å². The molecule has 0 saturated heterocycles. The predicted molar refractivity (Wildman–Crippen MR) is 78.8 cm³/mol. The molecule has 0 radical (unpaired) electrons. The van der Waals surface area contributed by atoms with Gasteiger partial charge in [-0.25, -0.2) is 0 Å². The van der Waals surface area contributed by atoms with Gasteiger partial charge in [0.25, 0.3) is 0 Å². The highest BCUT2D eigenvalue weighted by Crippen LogP contribution is 2.32. The van der Waals surface area contributed by atoms with Crippen LogP contribution in [0.2, 0.25) is 0 Å². The summed E-state index contributed by atoms with van der Waals surface area (Å²) in [6.45, 7) is 0.460. The fourth-order valence-corrected chi connectivity index (χ4v) is 2.59. The maximum Gasteiger partial charge on any atom is 0.222 e. The SMILES string of the molecule is CN(CC(O)C1CC1)C(=O)CCc1cccc(Br)c1. The first-order valence-corrected chi connectivity index (χ1v) is 7.52. The number of hydrogen-bond acceptors (Lipinski definition) is 2. The Kier molecular flexibility index (Phi) is 4.99. The Morgan fingerprint density at radius 1 is 1.53 bits per heavy atom. The summed E-state index contributed by atoms with van der Waals surface area (Å²) >= 11 is 3.43. The van der Waals surface area contributed by atoms with E-state index in [4.69, 9.17) is 0 Å². The van der Waals surface area contributed by atoms with Crippen LogP contribution in [0, 0.1) is 5.92 Å². The van der Waals surface area contributed by atoms with Crippen LogP contribution < -0.4 is 0 Å². The lowest BCUT2D eigenvalue weighted by Crippen LogP contribution is -2.35. The van der Waals surface area contributed by atoms with Crippen molar-refractivity contribution in [1.29, 1.82) is 0 Å². The van der Waals surface area contributed by atoms with E-state index in [1.807, 2.05) is 24.3 Å². The van der Waals surface area contributed by atoms with Crippen molar-refractivity contribution < 1.29 is 9.90 Å². The smallest absolute Gasteiger partial charge is 0.222 e. The average Bonchev–Trinajstić information content (AvgIpc) is 3.20. The standard InChI is InChI=1S/C15H20BrNO2/c1-17(10-14(18)12-6-7-12)15(19)8-5-11-3-2-4-13(16)9-11/h2-4,9,12,14,18H,5-8,10H2,1H3. The molecule has 4 heteroatoms. The van der Waals surface area contributed by atoms with Crippen LogP contribution in [-0.2, 0) is 11.2 Å². The van der Waals surface area contributed by atoms with Gasteiger partial charge in [0, 0.05) is 24.5 Å². The second-order valence-electron chi connectivity index (χ2n) is 5.31. The van der Waals surface area contributed by atoms with Crippen molar-refractivity contribution >= 4 is 21.8 Å². The highest BCUT2D eigenvalue weighted by atomic mass is 79.9. The van der Waals surface area contributed by atoms with Crippen molar-refractivity contribution in [3.63, 3.8) is 0 Å². The summed E-state index contributed by atoms with van der Waals surface area (Å²) in [7, 11) is 1.77. The quantitative estimate of drug-likeness (QED) is 0.873. The number of aliphatic hydroxyl groups is 1. The van der Waals surface area contributed by atoms with Crippen LogP contribution >= 0.6 is 15.9 Å². The van der Waals surface area contributed by atoms with Crippen molar-refractivity contribution in [2.24, 2.45) is 5.92 Å². The Morgan fingerprint density at radius 2 is 2.26 bits per heavy atom. The van der Waals surface area contributed by atoms with E-state index in [2.05, 4.69) is 15.9 Å². The van der Waals surface area contributed by atoms with E-state index in [-0.39, 0.29) is 12.0 Å². The number of hydrogen-bond donors (Lipinski definition) is 1. The minimum atomic E-state index is -0.347. The van der Waals surface area contributed by atoms with Gasteiger partial charge in [-0.2, -0.15) is 0 Å². The summed E-state index contributed by atoms with van der Waals surface area (Å²) in [4.78, 5) is 13.6. The minimum Gasteiger partial charge on any atom is -0.391 e. The number of aryl methyl sites for hydroxylation is 1. The Morgan fingerprint density at radius 3 is 2.89 bits per heavy atom. The zero-order valence-electron chi connectivity index (χ0n) is 11.2. The zero-order valence-corrected chi connectivity index (χ0v) is 12.8. The van der Waals surface area contributed by atoms with Gasteiger partial charge in [0.1, 0.15) is 0 Å². The molecule has 2 rings (SSSR count). The third kappa shape index (κ3) is 4.62. The molecule has 0 aromatic heterocycles. The molecule has 0 spiro atoms. The molecule has 19 heavy (non-hydrogen) atoms. The predicted octanol–water partition coefficient (Wildman–Crippen LogP) is 2.61. The maximum atomic E-state index is 12.0. The Bertz CT molecular complexity index is 446. The number of carbonyl (C=O) groups excluding carboxylic acids is 1. The number of rotatable bonds is 6. The van der Waals surface area contributed by atoms with Gasteiger partial charge < -0.3 is 10.0 Å². The number of halogens is 1. The first kappa shape index (κ1) is 14.5. The number of nitrogens with zero attached hydrogens (tertiary/aromatic N) is 1. The van der Waals surface area contributed by atoms with Crippen molar-refractivity contribution in [2.45, 2.75) is 31.8 Å². The van der Waals surface area contributed by atoms with E-state index in [0.717, 1.165) is 29.3 Å². The van der Waals surface area contributed by atoms with Crippen molar-refractivity contribution in [3.05, 3.63) is 34.3 Å². The summed E-state index contributed by atoms with van der Waals surface area (Å²) in [5.74, 6) is 0.514. The zero-order chi connectivity index (χ0) is 13.8. The molecule has 1 aromatic carbocycles. The molecule has 1 unspecified atom stereocenters. The Hall–Kier alpha value is -0.870. The van der Waals surface area contributed by atoms with Gasteiger partial charge in [0.05, 0.1) is 6.10 Å². The minimum absolute atomic E-state index is 0.0969. The number of benzene rings is 1. The lowest BCUT2D eigenvalue weighted by molar-refractivity contribution is -0.131. The fraction of sp³-hybridized carbons (Fsp3) is 0.533. The highest BCUT2D eigenvalue weighted by molar-refractivity contribution is 9.10. The summed E-state index contributed by atoms with van der Waals surface area (Å²) < 4.78 is 1.04. The van der Waals surface area contributed by atoms with Crippen LogP contribution in [0.3, 0.4) is 0 Å². The van der Waals surface area contributed by atoms with Crippen LogP contribution in [-0.4, -0.2) is 35.6 Å². The van der Waals surface area contributed by atoms with Crippen LogP contribution in [0.25, 0.3) is 0 Å². The monoisotopic (exact) mass is 325 g/mol. The summed E-state index contributed by atoms with van der Waals surface area (Å²) in [5, 5.41) is 9.83. The van der Waals surface area contributed by atoms with Gasteiger partial charge in [-0.1, -0.05) is 28.1 Å². The first-order valence-electron chi connectivity index (χ1n) is 6.72. The number of carbonyl (C=O) groups is 1. The summed E-state index contributed by atoms with van der Waals surface area (Å²) in [6.07, 6.45) is 3.08. The molecule has 0 bridgehead atoms. The van der Waals surface area contributed by atoms with Gasteiger partial charge in [-0.15, -0.1) is 0 Å². The molecular formula is C15H20BrNO2. The maximum absolute atomic E-state index is 12.0. The molecule has 1 atom stereocenters. The third-order valence-corrected chi connectivity index (χ3v) is 4.06. The van der Waals surface area contributed by atoms with Crippen molar-refractivity contribution in [2.75, 3.05) is 13.6 Å². The lowest BCUT2D eigenvalue weighted by Gasteiger charge is -2.20. The summed E-state index contributed by atoms with van der Waals surface area (Å²) in [5.41, 5.74) is 1.15. The van der Waals surface area contributed by atoms with Crippen LogP contribution in [0.4, 0.5) is 0 Å². The molecule has 0 aliphatic heterocycles. The fourth-order valence-electron chi connectivity index (χ4n) is 2.15. The van der Waals surface area contributed by atoms with E-state index in [1.54, 1.807) is 11.9 Å². The van der Waals surface area contributed by atoms with Gasteiger partial charge in [-0.3, -0.25) is 4.79 Å². The van der Waals surface area contributed by atoms with Gasteiger partial charge in [0.15, 0.2) is 0 Å². The van der Waals surface area contributed by atoms with Gasteiger partial charge in [-0.05, 0) is 42.9 Å². The van der Waals surface area contributed by atoms with Crippen LogP contribution in [0.15, 0.2) is 28.7 Å². The Labute approximate surface area is 122 Å². The second-order valence-corrected chi connectivity index (χ2v) is 6.22. The van der Waals surface area contributed by atoms with E-state index in [1.165, 1.54) is 0 Å². The van der Waals surface area contributed by atoms with E-state index >= 15 is 0 Å². The normalized spacial score (nSPS) is 16.2.